The quantitative estimate of drug-likeness (QED) is 0.869. The van der Waals surface area contributed by atoms with Crippen molar-refractivity contribution in [1.82, 2.24) is 0 Å². The van der Waals surface area contributed by atoms with E-state index in [9.17, 15) is 8.42 Å². The average molecular weight is 367 g/mol. The van der Waals surface area contributed by atoms with Crippen LogP contribution >= 0.6 is 34.8 Å². The van der Waals surface area contributed by atoms with E-state index in [1.165, 1.54) is 37.4 Å². The molecule has 0 atom stereocenters. The number of methoxy groups -OCH3 is 1. The lowest BCUT2D eigenvalue weighted by molar-refractivity contribution is 0.414. The number of hydrogen-bond acceptors (Lipinski definition) is 3. The number of benzene rings is 2. The fourth-order valence-electron chi connectivity index (χ4n) is 1.59. The lowest BCUT2D eigenvalue weighted by Crippen LogP contribution is -2.13. The highest BCUT2D eigenvalue weighted by Gasteiger charge is 2.17. The van der Waals surface area contributed by atoms with Crippen molar-refractivity contribution < 1.29 is 13.2 Å². The minimum atomic E-state index is -3.83. The molecule has 2 aromatic carbocycles. The summed E-state index contributed by atoms with van der Waals surface area (Å²) in [5.74, 6) is 0.386. The van der Waals surface area contributed by atoms with Gasteiger partial charge in [0.2, 0.25) is 0 Å². The number of nitrogens with one attached hydrogen (secondary N) is 1. The highest BCUT2D eigenvalue weighted by Crippen LogP contribution is 2.30. The molecule has 0 unspecified atom stereocenters. The summed E-state index contributed by atoms with van der Waals surface area (Å²) in [5.41, 5.74) is 0.191. The highest BCUT2D eigenvalue weighted by molar-refractivity contribution is 7.92. The van der Waals surface area contributed by atoms with Gasteiger partial charge < -0.3 is 4.74 Å². The first-order valence-corrected chi connectivity index (χ1v) is 8.26. The van der Waals surface area contributed by atoms with E-state index >= 15 is 0 Å². The second-order valence-corrected chi connectivity index (χ2v) is 6.96. The minimum Gasteiger partial charge on any atom is -0.495 e. The fraction of sp³-hybridized carbons (Fsp3) is 0.0769. The Morgan fingerprint density at radius 3 is 2.33 bits per heavy atom. The Bertz CT molecular complexity index is 778. The largest absolute Gasteiger partial charge is 0.495 e. The minimum absolute atomic E-state index is 0.00987. The maximum atomic E-state index is 12.3. The fourth-order valence-corrected chi connectivity index (χ4v) is 3.41. The van der Waals surface area contributed by atoms with Crippen LogP contribution in [0, 0.1) is 0 Å². The van der Waals surface area contributed by atoms with Crippen LogP contribution in [0.5, 0.6) is 5.75 Å². The molecule has 0 saturated heterocycles. The standard InChI is InChI=1S/C13H10Cl3NO3S/c1-20-13-5-3-9(7-11(13)16)21(18,19)17-12-6-8(14)2-4-10(12)15/h2-7,17H,1H3. The summed E-state index contributed by atoms with van der Waals surface area (Å²) >= 11 is 17.7. The number of ether oxygens (including phenoxy) is 1. The van der Waals surface area contributed by atoms with Crippen LogP contribution in [-0.2, 0) is 10.0 Å². The lowest BCUT2D eigenvalue weighted by Gasteiger charge is -2.11. The molecule has 0 bridgehead atoms. The average Bonchev–Trinajstić information content (AvgIpc) is 2.42. The topological polar surface area (TPSA) is 55.4 Å². The van der Waals surface area contributed by atoms with Gasteiger partial charge in [-0.2, -0.15) is 0 Å². The molecule has 8 heteroatoms. The van der Waals surface area contributed by atoms with E-state index in [4.69, 9.17) is 39.5 Å². The molecule has 21 heavy (non-hydrogen) atoms. The van der Waals surface area contributed by atoms with Crippen molar-refractivity contribution in [2.45, 2.75) is 4.90 Å². The van der Waals surface area contributed by atoms with Crippen LogP contribution in [0.15, 0.2) is 41.3 Å². The third-order valence-electron chi connectivity index (χ3n) is 2.61. The van der Waals surface area contributed by atoms with Gasteiger partial charge in [0.15, 0.2) is 0 Å². The van der Waals surface area contributed by atoms with E-state index < -0.39 is 10.0 Å². The summed E-state index contributed by atoms with van der Waals surface area (Å²) in [6, 6.07) is 8.63. The molecule has 112 valence electrons. The Labute approximate surface area is 137 Å². The van der Waals surface area contributed by atoms with E-state index in [2.05, 4.69) is 4.72 Å². The molecule has 0 aliphatic carbocycles. The first-order valence-electron chi connectivity index (χ1n) is 5.65. The molecule has 1 N–H and O–H groups in total. The SMILES string of the molecule is COc1ccc(S(=O)(=O)Nc2cc(Cl)ccc2Cl)cc1Cl. The van der Waals surface area contributed by atoms with Crippen molar-refractivity contribution in [3.8, 4) is 5.75 Å². The van der Waals surface area contributed by atoms with Gasteiger partial charge in [-0.15, -0.1) is 0 Å². The predicted molar refractivity (Wildman–Crippen MR) is 85.3 cm³/mol. The van der Waals surface area contributed by atoms with Gasteiger partial charge in [0.05, 0.1) is 27.7 Å². The second-order valence-electron chi connectivity index (χ2n) is 4.03. The zero-order valence-corrected chi connectivity index (χ0v) is 13.8. The molecule has 4 nitrogen and oxygen atoms in total. The van der Waals surface area contributed by atoms with Crippen molar-refractivity contribution >= 4 is 50.5 Å². The van der Waals surface area contributed by atoms with Gasteiger partial charge >= 0.3 is 0 Å². The predicted octanol–water partition coefficient (Wildman–Crippen LogP) is 4.46. The van der Waals surface area contributed by atoms with Crippen molar-refractivity contribution in [2.24, 2.45) is 0 Å². The van der Waals surface area contributed by atoms with Crippen molar-refractivity contribution in [2.75, 3.05) is 11.8 Å². The monoisotopic (exact) mass is 365 g/mol. The molecule has 0 aromatic heterocycles. The summed E-state index contributed by atoms with van der Waals surface area (Å²) < 4.78 is 32.0. The molecule has 0 aliphatic rings. The summed E-state index contributed by atoms with van der Waals surface area (Å²) in [4.78, 5) is -0.00987. The molecular weight excluding hydrogens is 357 g/mol. The maximum absolute atomic E-state index is 12.3. The lowest BCUT2D eigenvalue weighted by atomic mass is 10.3. The summed E-state index contributed by atoms with van der Waals surface area (Å²) in [6.07, 6.45) is 0. The Kier molecular flexibility index (Phi) is 4.88. The first-order chi connectivity index (χ1) is 9.83. The first kappa shape index (κ1) is 16.2. The molecule has 0 aliphatic heterocycles. The van der Waals surface area contributed by atoms with Gasteiger partial charge in [-0.05, 0) is 36.4 Å². The van der Waals surface area contributed by atoms with Crippen molar-refractivity contribution in [1.29, 1.82) is 0 Å². The van der Waals surface area contributed by atoms with E-state index in [1.54, 1.807) is 6.07 Å². The maximum Gasteiger partial charge on any atom is 0.261 e. The van der Waals surface area contributed by atoms with Gasteiger partial charge in [-0.25, -0.2) is 8.42 Å². The third kappa shape index (κ3) is 3.74. The molecule has 2 rings (SSSR count). The molecule has 0 spiro atoms. The van der Waals surface area contributed by atoms with Crippen LogP contribution in [0.2, 0.25) is 15.1 Å². The van der Waals surface area contributed by atoms with Crippen molar-refractivity contribution in [3.05, 3.63) is 51.5 Å². The zero-order valence-electron chi connectivity index (χ0n) is 10.7. The summed E-state index contributed by atoms with van der Waals surface area (Å²) in [5, 5.41) is 0.796. The van der Waals surface area contributed by atoms with E-state index in [1.807, 2.05) is 0 Å². The molecule has 0 saturated carbocycles. The normalized spacial score (nSPS) is 11.2. The smallest absolute Gasteiger partial charge is 0.261 e. The van der Waals surface area contributed by atoms with Gasteiger partial charge in [0, 0.05) is 5.02 Å². The number of sulfonamides is 1. The Hall–Kier alpha value is -1.14. The Morgan fingerprint density at radius 1 is 1.00 bits per heavy atom. The van der Waals surface area contributed by atoms with Crippen LogP contribution in [0.1, 0.15) is 0 Å². The molecule has 0 fully saturated rings. The van der Waals surface area contributed by atoms with Crippen molar-refractivity contribution in [3.63, 3.8) is 0 Å². The van der Waals surface area contributed by atoms with E-state index in [0.29, 0.717) is 10.8 Å². The third-order valence-corrected chi connectivity index (χ3v) is 4.83. The molecule has 0 amide bonds. The van der Waals surface area contributed by atoms with Gasteiger partial charge in [-0.1, -0.05) is 34.8 Å². The van der Waals surface area contributed by atoms with Crippen LogP contribution < -0.4 is 9.46 Å². The Balaban J connectivity index is 2.38. The van der Waals surface area contributed by atoms with Crippen LogP contribution in [-0.4, -0.2) is 15.5 Å². The van der Waals surface area contributed by atoms with Crippen LogP contribution in [0.4, 0.5) is 5.69 Å². The molecule has 0 heterocycles. The number of rotatable bonds is 4. The summed E-state index contributed by atoms with van der Waals surface area (Å²) in [6.45, 7) is 0. The van der Waals surface area contributed by atoms with Crippen LogP contribution in [0.25, 0.3) is 0 Å². The van der Waals surface area contributed by atoms with Gasteiger partial charge in [-0.3, -0.25) is 4.72 Å². The van der Waals surface area contributed by atoms with E-state index in [0.717, 1.165) is 0 Å². The van der Waals surface area contributed by atoms with E-state index in [-0.39, 0.29) is 20.6 Å². The number of anilines is 1. The Morgan fingerprint density at radius 2 is 1.71 bits per heavy atom. The van der Waals surface area contributed by atoms with Gasteiger partial charge in [0.25, 0.3) is 10.0 Å². The van der Waals surface area contributed by atoms with Gasteiger partial charge in [0.1, 0.15) is 5.75 Å². The summed E-state index contributed by atoms with van der Waals surface area (Å²) in [7, 11) is -2.39. The number of hydrogen-bond donors (Lipinski definition) is 1. The second kappa shape index (κ2) is 6.32. The highest BCUT2D eigenvalue weighted by atomic mass is 35.5. The zero-order chi connectivity index (χ0) is 15.6. The molecule has 2 aromatic rings. The molecule has 0 radical (unpaired) electrons. The molecular formula is C13H10Cl3NO3S. The van der Waals surface area contributed by atoms with Crippen LogP contribution in [0.3, 0.4) is 0 Å². The number of halogens is 3.